The summed E-state index contributed by atoms with van der Waals surface area (Å²) in [6.07, 6.45) is 10.5. The van der Waals surface area contributed by atoms with E-state index < -0.39 is 0 Å². The SMILES string of the molecule is Cn1ccc2ccc(CNC(=O)c3ccc4c(c3)CCN(C3=CC=C3)CC4)cc21. The molecule has 4 nitrogen and oxygen atoms in total. The van der Waals surface area contributed by atoms with E-state index in [9.17, 15) is 4.79 Å². The van der Waals surface area contributed by atoms with Gasteiger partial charge in [0.2, 0.25) is 0 Å². The monoisotopic (exact) mass is 383 g/mol. The molecule has 0 spiro atoms. The van der Waals surface area contributed by atoms with Crippen LogP contribution in [0.1, 0.15) is 27.0 Å². The van der Waals surface area contributed by atoms with Crippen molar-refractivity contribution in [3.63, 3.8) is 0 Å². The molecule has 0 bridgehead atoms. The van der Waals surface area contributed by atoms with Crippen LogP contribution in [-0.2, 0) is 26.4 Å². The van der Waals surface area contributed by atoms with E-state index in [-0.39, 0.29) is 5.91 Å². The summed E-state index contributed by atoms with van der Waals surface area (Å²) in [5.41, 5.74) is 7.03. The van der Waals surface area contributed by atoms with Crippen LogP contribution in [-0.4, -0.2) is 28.5 Å². The number of rotatable bonds is 4. The number of fused-ring (bicyclic) bond motifs is 2. The smallest absolute Gasteiger partial charge is 0.251 e. The highest BCUT2D eigenvalue weighted by Crippen LogP contribution is 2.23. The van der Waals surface area contributed by atoms with Crippen LogP contribution in [0.25, 0.3) is 10.9 Å². The number of amides is 1. The number of carbonyl (C=O) groups is 1. The summed E-state index contributed by atoms with van der Waals surface area (Å²) in [6.45, 7) is 2.58. The second-order valence-electron chi connectivity index (χ2n) is 7.92. The standard InChI is InChI=1S/C25H25N3O/c1-27-12-9-20-6-5-18(15-24(20)27)17-26-25(29)22-8-7-19-10-13-28(23-3-2-4-23)14-11-21(19)16-22/h2-9,12,15-16H,10-11,13-14,17H2,1H3,(H,26,29). The van der Waals surface area contributed by atoms with Gasteiger partial charge in [0.25, 0.3) is 5.91 Å². The van der Waals surface area contributed by atoms with E-state index in [1.165, 1.54) is 27.7 Å². The van der Waals surface area contributed by atoms with Crippen molar-refractivity contribution in [1.29, 1.82) is 0 Å². The van der Waals surface area contributed by atoms with Crippen LogP contribution in [0.2, 0.25) is 0 Å². The van der Waals surface area contributed by atoms with Crippen molar-refractivity contribution in [2.45, 2.75) is 19.4 Å². The number of aryl methyl sites for hydroxylation is 1. The predicted molar refractivity (Wildman–Crippen MR) is 117 cm³/mol. The molecular weight excluding hydrogens is 358 g/mol. The fourth-order valence-electron chi connectivity index (χ4n) is 4.22. The van der Waals surface area contributed by atoms with E-state index >= 15 is 0 Å². The first kappa shape index (κ1) is 17.8. The molecule has 5 rings (SSSR count). The van der Waals surface area contributed by atoms with Gasteiger partial charge in [0, 0.05) is 49.7 Å². The molecule has 0 fully saturated rings. The van der Waals surface area contributed by atoms with Gasteiger partial charge in [-0.15, -0.1) is 0 Å². The zero-order valence-corrected chi connectivity index (χ0v) is 16.7. The summed E-state index contributed by atoms with van der Waals surface area (Å²) >= 11 is 0. The zero-order chi connectivity index (χ0) is 19.8. The highest BCUT2D eigenvalue weighted by molar-refractivity contribution is 5.94. The predicted octanol–water partition coefficient (Wildman–Crippen LogP) is 3.96. The number of nitrogens with one attached hydrogen (secondary N) is 1. The molecule has 0 atom stereocenters. The summed E-state index contributed by atoms with van der Waals surface area (Å²) in [5.74, 6) is -0.00878. The molecule has 1 aromatic heterocycles. The third kappa shape index (κ3) is 3.46. The molecule has 1 aliphatic heterocycles. The Bertz CT molecular complexity index is 1150. The van der Waals surface area contributed by atoms with Gasteiger partial charge in [-0.3, -0.25) is 4.79 Å². The molecule has 0 saturated heterocycles. The second-order valence-corrected chi connectivity index (χ2v) is 7.92. The molecular formula is C25H25N3O. The zero-order valence-electron chi connectivity index (χ0n) is 16.7. The molecule has 2 aromatic carbocycles. The molecule has 4 heteroatoms. The van der Waals surface area contributed by atoms with Gasteiger partial charge in [-0.25, -0.2) is 0 Å². The van der Waals surface area contributed by atoms with Crippen molar-refractivity contribution in [2.75, 3.05) is 13.1 Å². The Morgan fingerprint density at radius 1 is 1.03 bits per heavy atom. The Balaban J connectivity index is 1.26. The maximum Gasteiger partial charge on any atom is 0.251 e. The first-order valence-corrected chi connectivity index (χ1v) is 10.2. The average Bonchev–Trinajstić information content (AvgIpc) is 2.94. The normalized spacial score (nSPS) is 15.5. The summed E-state index contributed by atoms with van der Waals surface area (Å²) in [7, 11) is 2.04. The second kappa shape index (κ2) is 7.28. The Morgan fingerprint density at radius 3 is 2.66 bits per heavy atom. The summed E-state index contributed by atoms with van der Waals surface area (Å²) in [5, 5.41) is 4.30. The minimum atomic E-state index is -0.00878. The molecule has 0 radical (unpaired) electrons. The minimum absolute atomic E-state index is 0.00878. The fourth-order valence-corrected chi connectivity index (χ4v) is 4.22. The number of carbonyl (C=O) groups excluding carboxylic acids is 1. The Labute approximate surface area is 171 Å². The van der Waals surface area contributed by atoms with Crippen LogP contribution in [0.4, 0.5) is 0 Å². The third-order valence-electron chi connectivity index (χ3n) is 6.08. The van der Waals surface area contributed by atoms with E-state index in [4.69, 9.17) is 0 Å². The molecule has 29 heavy (non-hydrogen) atoms. The maximum atomic E-state index is 12.8. The quantitative estimate of drug-likeness (QED) is 0.740. The number of allylic oxidation sites excluding steroid dienone is 3. The van der Waals surface area contributed by atoms with Crippen molar-refractivity contribution in [3.8, 4) is 0 Å². The van der Waals surface area contributed by atoms with Crippen LogP contribution in [0.3, 0.4) is 0 Å². The van der Waals surface area contributed by atoms with Crippen molar-refractivity contribution in [1.82, 2.24) is 14.8 Å². The number of hydrogen-bond donors (Lipinski definition) is 1. The van der Waals surface area contributed by atoms with E-state index in [1.807, 2.05) is 13.1 Å². The Hall–Kier alpha value is -3.27. The van der Waals surface area contributed by atoms with E-state index in [1.54, 1.807) is 0 Å². The van der Waals surface area contributed by atoms with Gasteiger partial charge in [0.1, 0.15) is 0 Å². The first-order valence-electron chi connectivity index (χ1n) is 10.2. The van der Waals surface area contributed by atoms with E-state index in [0.717, 1.165) is 37.1 Å². The van der Waals surface area contributed by atoms with Crippen LogP contribution >= 0.6 is 0 Å². The summed E-state index contributed by atoms with van der Waals surface area (Å²) in [4.78, 5) is 15.2. The minimum Gasteiger partial charge on any atom is -0.371 e. The lowest BCUT2D eigenvalue weighted by Gasteiger charge is -2.26. The van der Waals surface area contributed by atoms with Gasteiger partial charge in [-0.2, -0.15) is 0 Å². The van der Waals surface area contributed by atoms with Gasteiger partial charge >= 0.3 is 0 Å². The molecule has 0 unspecified atom stereocenters. The van der Waals surface area contributed by atoms with Crippen LogP contribution in [0, 0.1) is 0 Å². The van der Waals surface area contributed by atoms with Gasteiger partial charge in [-0.05, 0) is 71.3 Å². The fraction of sp³-hybridized carbons (Fsp3) is 0.240. The van der Waals surface area contributed by atoms with Crippen molar-refractivity contribution in [3.05, 3.63) is 94.8 Å². The number of aromatic nitrogens is 1. The number of hydrogen-bond acceptors (Lipinski definition) is 2. The molecule has 2 aliphatic rings. The Morgan fingerprint density at radius 2 is 1.86 bits per heavy atom. The summed E-state index contributed by atoms with van der Waals surface area (Å²) < 4.78 is 2.10. The van der Waals surface area contributed by atoms with Crippen molar-refractivity contribution in [2.24, 2.45) is 7.05 Å². The first-order chi connectivity index (χ1) is 14.2. The topological polar surface area (TPSA) is 37.3 Å². The summed E-state index contributed by atoms with van der Waals surface area (Å²) in [6, 6.07) is 14.6. The van der Waals surface area contributed by atoms with Crippen LogP contribution < -0.4 is 5.32 Å². The average molecular weight is 383 g/mol. The molecule has 2 heterocycles. The number of benzene rings is 2. The highest BCUT2D eigenvalue weighted by atomic mass is 16.1. The van der Waals surface area contributed by atoms with Gasteiger partial charge < -0.3 is 14.8 Å². The van der Waals surface area contributed by atoms with Crippen molar-refractivity contribution < 1.29 is 4.79 Å². The van der Waals surface area contributed by atoms with Gasteiger partial charge in [0.05, 0.1) is 0 Å². The molecule has 1 amide bonds. The van der Waals surface area contributed by atoms with Gasteiger partial charge in [-0.1, -0.05) is 24.3 Å². The lowest BCUT2D eigenvalue weighted by molar-refractivity contribution is 0.0951. The molecule has 1 N–H and O–H groups in total. The highest BCUT2D eigenvalue weighted by Gasteiger charge is 2.17. The maximum absolute atomic E-state index is 12.8. The van der Waals surface area contributed by atoms with Crippen LogP contribution in [0.15, 0.2) is 72.6 Å². The molecule has 3 aromatic rings. The Kier molecular flexibility index (Phi) is 4.47. The molecule has 1 aliphatic carbocycles. The molecule has 0 saturated carbocycles. The van der Waals surface area contributed by atoms with E-state index in [2.05, 4.69) is 75.6 Å². The van der Waals surface area contributed by atoms with Crippen molar-refractivity contribution >= 4 is 16.8 Å². The third-order valence-corrected chi connectivity index (χ3v) is 6.08. The number of nitrogens with zero attached hydrogens (tertiary/aromatic N) is 2. The van der Waals surface area contributed by atoms with Crippen LogP contribution in [0.5, 0.6) is 0 Å². The largest absolute Gasteiger partial charge is 0.371 e. The van der Waals surface area contributed by atoms with Gasteiger partial charge in [0.15, 0.2) is 0 Å². The van der Waals surface area contributed by atoms with E-state index in [0.29, 0.717) is 6.54 Å². The lowest BCUT2D eigenvalue weighted by atomic mass is 10.00. The molecule has 146 valence electrons. The lowest BCUT2D eigenvalue weighted by Crippen LogP contribution is -2.26.